The number of nitrogens with one attached hydrogen (secondary N) is 2. The Morgan fingerprint density at radius 1 is 1.00 bits per heavy atom. The molecular weight excluding hydrogens is 454 g/mol. The summed E-state index contributed by atoms with van der Waals surface area (Å²) in [5, 5.41) is 7.59. The predicted molar refractivity (Wildman–Crippen MR) is 136 cm³/mol. The largest absolute Gasteiger partial charge is 0.350 e. The number of fused-ring (bicyclic) bond motifs is 1. The molecule has 168 valence electrons. The van der Waals surface area contributed by atoms with Gasteiger partial charge in [0.25, 0.3) is 5.91 Å². The van der Waals surface area contributed by atoms with Gasteiger partial charge in [0.2, 0.25) is 5.91 Å². The molecule has 4 aromatic rings. The van der Waals surface area contributed by atoms with Gasteiger partial charge in [-0.15, -0.1) is 11.8 Å². The van der Waals surface area contributed by atoms with Crippen LogP contribution in [0.1, 0.15) is 15.9 Å². The first-order chi connectivity index (χ1) is 16.0. The quantitative estimate of drug-likeness (QED) is 0.317. The number of carbonyl (C=O) groups is 2. The zero-order valence-electron chi connectivity index (χ0n) is 18.2. The Labute approximate surface area is 202 Å². The molecule has 0 saturated heterocycles. The van der Waals surface area contributed by atoms with Crippen molar-refractivity contribution in [3.8, 4) is 0 Å². The van der Waals surface area contributed by atoms with E-state index in [-0.39, 0.29) is 11.8 Å². The van der Waals surface area contributed by atoms with Gasteiger partial charge >= 0.3 is 0 Å². The lowest BCUT2D eigenvalue weighted by molar-refractivity contribution is -0.113. The number of aryl methyl sites for hydroxylation is 1. The first-order valence-electron chi connectivity index (χ1n) is 10.6. The molecule has 0 fully saturated rings. The van der Waals surface area contributed by atoms with Crippen LogP contribution in [-0.4, -0.2) is 28.7 Å². The van der Waals surface area contributed by atoms with Crippen LogP contribution in [-0.2, 0) is 11.3 Å². The average Bonchev–Trinajstić information content (AvgIpc) is 3.16. The van der Waals surface area contributed by atoms with Gasteiger partial charge in [0.15, 0.2) is 0 Å². The Morgan fingerprint density at radius 3 is 2.58 bits per heavy atom. The number of nitrogens with zero attached hydrogens (tertiary/aromatic N) is 1. The molecule has 0 aliphatic heterocycles. The van der Waals surface area contributed by atoms with Crippen molar-refractivity contribution < 1.29 is 9.59 Å². The Morgan fingerprint density at radius 2 is 1.79 bits per heavy atom. The highest BCUT2D eigenvalue weighted by Gasteiger charge is 2.12. The number of carbonyl (C=O) groups excluding carboxylic acids is 2. The molecule has 2 N–H and O–H groups in total. The normalized spacial score (nSPS) is 10.8. The molecule has 0 radical (unpaired) electrons. The summed E-state index contributed by atoms with van der Waals surface area (Å²) in [5.41, 5.74) is 3.55. The van der Waals surface area contributed by atoms with E-state index in [1.807, 2.05) is 55.6 Å². The van der Waals surface area contributed by atoms with Crippen molar-refractivity contribution in [1.82, 2.24) is 9.88 Å². The minimum Gasteiger partial charge on any atom is -0.350 e. The van der Waals surface area contributed by atoms with Gasteiger partial charge in [-0.2, -0.15) is 0 Å². The highest BCUT2D eigenvalue weighted by Crippen LogP contribution is 2.30. The van der Waals surface area contributed by atoms with E-state index < -0.39 is 0 Å². The number of hydrogen-bond acceptors (Lipinski definition) is 3. The predicted octanol–water partition coefficient (Wildman–Crippen LogP) is 5.76. The van der Waals surface area contributed by atoms with Crippen LogP contribution in [0, 0.1) is 6.92 Å². The lowest BCUT2D eigenvalue weighted by Crippen LogP contribution is -2.27. The molecule has 0 spiro atoms. The van der Waals surface area contributed by atoms with Gasteiger partial charge in [-0.1, -0.05) is 41.9 Å². The topological polar surface area (TPSA) is 63.1 Å². The molecule has 0 bridgehead atoms. The molecule has 0 saturated carbocycles. The van der Waals surface area contributed by atoms with Crippen molar-refractivity contribution >= 4 is 51.8 Å². The van der Waals surface area contributed by atoms with Crippen molar-refractivity contribution in [1.29, 1.82) is 0 Å². The van der Waals surface area contributed by atoms with Gasteiger partial charge in [-0.25, -0.2) is 0 Å². The summed E-state index contributed by atoms with van der Waals surface area (Å²) in [6.07, 6.45) is 2.05. The van der Waals surface area contributed by atoms with E-state index >= 15 is 0 Å². The van der Waals surface area contributed by atoms with E-state index in [9.17, 15) is 9.59 Å². The van der Waals surface area contributed by atoms with Crippen LogP contribution in [0.4, 0.5) is 5.69 Å². The van der Waals surface area contributed by atoms with E-state index in [4.69, 9.17) is 11.6 Å². The molecule has 7 heteroatoms. The molecule has 4 rings (SSSR count). The molecule has 33 heavy (non-hydrogen) atoms. The van der Waals surface area contributed by atoms with Crippen molar-refractivity contribution in [3.63, 3.8) is 0 Å². The van der Waals surface area contributed by atoms with Gasteiger partial charge < -0.3 is 15.2 Å². The van der Waals surface area contributed by atoms with Crippen LogP contribution < -0.4 is 10.6 Å². The molecule has 2 amide bonds. The molecule has 5 nitrogen and oxygen atoms in total. The summed E-state index contributed by atoms with van der Waals surface area (Å²) in [5.74, 6) is 0.137. The van der Waals surface area contributed by atoms with Crippen LogP contribution in [0.25, 0.3) is 10.9 Å². The summed E-state index contributed by atoms with van der Waals surface area (Å²) < 4.78 is 2.11. The van der Waals surface area contributed by atoms with Gasteiger partial charge in [-0.05, 0) is 55.0 Å². The molecule has 0 atom stereocenters. The lowest BCUT2D eigenvalue weighted by Gasteiger charge is -2.08. The van der Waals surface area contributed by atoms with E-state index in [1.54, 1.807) is 24.3 Å². The number of rotatable bonds is 8. The number of aromatic nitrogens is 1. The van der Waals surface area contributed by atoms with Crippen LogP contribution in [0.2, 0.25) is 5.02 Å². The average molecular weight is 478 g/mol. The second kappa shape index (κ2) is 10.6. The van der Waals surface area contributed by atoms with Crippen molar-refractivity contribution in [3.05, 3.63) is 95.1 Å². The number of benzene rings is 3. The summed E-state index contributed by atoms with van der Waals surface area (Å²) in [4.78, 5) is 25.8. The number of anilines is 1. The number of halogens is 1. The Balaban J connectivity index is 1.38. The third-order valence-corrected chi connectivity index (χ3v) is 6.45. The van der Waals surface area contributed by atoms with E-state index in [0.717, 1.165) is 27.0 Å². The maximum atomic E-state index is 12.4. The highest BCUT2D eigenvalue weighted by atomic mass is 35.5. The van der Waals surface area contributed by atoms with Crippen LogP contribution >= 0.6 is 23.4 Å². The van der Waals surface area contributed by atoms with Gasteiger partial charge in [0.1, 0.15) is 0 Å². The molecule has 1 heterocycles. The fourth-order valence-corrected chi connectivity index (χ4v) is 4.58. The Kier molecular flexibility index (Phi) is 7.37. The molecule has 0 unspecified atom stereocenters. The molecule has 0 aliphatic carbocycles. The number of thioether (sulfide) groups is 1. The Hall–Kier alpha value is -3.22. The number of amides is 2. The van der Waals surface area contributed by atoms with Crippen molar-refractivity contribution in [2.24, 2.45) is 0 Å². The number of para-hydroxylation sites is 1. The van der Waals surface area contributed by atoms with E-state index in [2.05, 4.69) is 21.3 Å². The smallest absolute Gasteiger partial charge is 0.251 e. The van der Waals surface area contributed by atoms with Gasteiger partial charge in [0, 0.05) is 51.4 Å². The van der Waals surface area contributed by atoms with E-state index in [0.29, 0.717) is 29.4 Å². The zero-order valence-corrected chi connectivity index (χ0v) is 19.7. The summed E-state index contributed by atoms with van der Waals surface area (Å²) in [7, 11) is 0. The molecule has 0 aliphatic rings. The first kappa shape index (κ1) is 23.0. The summed E-state index contributed by atoms with van der Waals surface area (Å²) in [6, 6.07) is 22.7. The van der Waals surface area contributed by atoms with Crippen molar-refractivity contribution in [2.45, 2.75) is 18.4 Å². The maximum Gasteiger partial charge on any atom is 0.251 e. The second-order valence-corrected chi connectivity index (χ2v) is 9.13. The lowest BCUT2D eigenvalue weighted by atomic mass is 10.2. The van der Waals surface area contributed by atoms with Gasteiger partial charge in [-0.3, -0.25) is 9.59 Å². The van der Waals surface area contributed by atoms with Gasteiger partial charge in [0.05, 0.1) is 5.75 Å². The van der Waals surface area contributed by atoms with E-state index in [1.165, 1.54) is 11.8 Å². The zero-order chi connectivity index (χ0) is 23.2. The molecule has 1 aromatic heterocycles. The molecule has 3 aromatic carbocycles. The minimum absolute atomic E-state index is 0.0438. The minimum atomic E-state index is -0.134. The monoisotopic (exact) mass is 477 g/mol. The highest BCUT2D eigenvalue weighted by molar-refractivity contribution is 8.00. The summed E-state index contributed by atoms with van der Waals surface area (Å²) in [6.45, 7) is 3.10. The third-order valence-electron chi connectivity index (χ3n) is 5.16. The third kappa shape index (κ3) is 5.97. The maximum absolute atomic E-state index is 12.4. The number of hydrogen-bond donors (Lipinski definition) is 2. The standard InChI is InChI=1S/C26H24ClN3O2S/c1-18-5-4-6-21(15-18)29-25(31)17-33-24-16-30(23-8-3-2-7-22(23)24)14-13-28-26(32)19-9-11-20(27)12-10-19/h2-12,15-16H,13-14,17H2,1H3,(H,28,32)(H,29,31). The Bertz CT molecular complexity index is 1280. The molecular formula is C26H24ClN3O2S. The second-order valence-electron chi connectivity index (χ2n) is 7.67. The van der Waals surface area contributed by atoms with Crippen LogP contribution in [0.15, 0.2) is 83.9 Å². The first-order valence-corrected chi connectivity index (χ1v) is 12.0. The summed E-state index contributed by atoms with van der Waals surface area (Å²) >= 11 is 7.40. The van der Waals surface area contributed by atoms with Crippen molar-refractivity contribution in [2.75, 3.05) is 17.6 Å². The van der Waals surface area contributed by atoms with Crippen LogP contribution in [0.5, 0.6) is 0 Å². The van der Waals surface area contributed by atoms with Crippen LogP contribution in [0.3, 0.4) is 0 Å². The fraction of sp³-hybridized carbons (Fsp3) is 0.154. The fourth-order valence-electron chi connectivity index (χ4n) is 3.57. The SMILES string of the molecule is Cc1cccc(NC(=O)CSc2cn(CCNC(=O)c3ccc(Cl)cc3)c3ccccc23)c1.